The molecule has 2 nitrogen and oxygen atoms in total. The van der Waals surface area contributed by atoms with Crippen molar-refractivity contribution in [1.82, 2.24) is 0 Å². The molecule has 0 aromatic heterocycles. The van der Waals surface area contributed by atoms with E-state index < -0.39 is 54.3 Å². The summed E-state index contributed by atoms with van der Waals surface area (Å²) in [6, 6.07) is 0. The average Bonchev–Trinajstić information content (AvgIpc) is 2.53. The Labute approximate surface area is 179 Å². The third kappa shape index (κ3) is 5.28. The van der Waals surface area contributed by atoms with Gasteiger partial charge in [-0.05, 0) is 6.42 Å². The third-order valence-electron chi connectivity index (χ3n) is 3.89. The topological polar surface area (TPSA) is 40.1 Å². The van der Waals surface area contributed by atoms with Crippen LogP contribution in [0.2, 0.25) is 0 Å². The first-order valence-electron chi connectivity index (χ1n) is 7.74. The zero-order valence-corrected chi connectivity index (χ0v) is 17.1. The number of carbonyl (C=O) groups is 1. The SMILES string of the molecule is CCCCCCCC(F)(F)C(F)(F)C(F)(F)C(F)(F)C(F)(F)C(F)(F)C(=O)[O-].[Na+]. The van der Waals surface area contributed by atoms with Gasteiger partial charge in [0.1, 0.15) is 5.97 Å². The molecule has 0 heterocycles. The van der Waals surface area contributed by atoms with Crippen molar-refractivity contribution in [2.75, 3.05) is 0 Å². The quantitative estimate of drug-likeness (QED) is 0.251. The van der Waals surface area contributed by atoms with Crippen LogP contribution in [0.3, 0.4) is 0 Å². The molecule has 0 spiro atoms. The van der Waals surface area contributed by atoms with Gasteiger partial charge in [-0.25, -0.2) is 0 Å². The molecule has 168 valence electrons. The summed E-state index contributed by atoms with van der Waals surface area (Å²) in [6.45, 7) is 1.67. The van der Waals surface area contributed by atoms with Gasteiger partial charge in [0.25, 0.3) is 0 Å². The molecule has 0 aromatic rings. The number of carboxylic acid groups (broad SMARTS) is 1. The van der Waals surface area contributed by atoms with Gasteiger partial charge in [0, 0.05) is 6.42 Å². The Balaban J connectivity index is 0. The first kappa shape index (κ1) is 30.8. The molecule has 0 amide bonds. The second kappa shape index (κ2) is 9.84. The summed E-state index contributed by atoms with van der Waals surface area (Å²) in [4.78, 5) is 9.86. The fraction of sp³-hybridized carbons (Fsp3) is 0.929. The smallest absolute Gasteiger partial charge is 0.544 e. The molecular formula is C14H15F12NaO2. The van der Waals surface area contributed by atoms with E-state index in [0.717, 1.165) is 0 Å². The van der Waals surface area contributed by atoms with Crippen LogP contribution in [-0.2, 0) is 4.79 Å². The van der Waals surface area contributed by atoms with Gasteiger partial charge in [-0.2, -0.15) is 52.7 Å². The fourth-order valence-electron chi connectivity index (χ4n) is 2.06. The zero-order valence-electron chi connectivity index (χ0n) is 15.1. The van der Waals surface area contributed by atoms with E-state index in [9.17, 15) is 62.6 Å². The Bertz CT molecular complexity index is 551. The number of carbonyl (C=O) groups excluding carboxylic acids is 1. The molecule has 0 atom stereocenters. The molecular weight excluding hydrogens is 451 g/mol. The van der Waals surface area contributed by atoms with Gasteiger partial charge in [0.05, 0.1) is 0 Å². The number of halogens is 12. The van der Waals surface area contributed by atoms with Gasteiger partial charge in [0.15, 0.2) is 0 Å². The van der Waals surface area contributed by atoms with Gasteiger partial charge in [-0.3, -0.25) is 0 Å². The van der Waals surface area contributed by atoms with Crippen LogP contribution >= 0.6 is 0 Å². The standard InChI is InChI=1S/C14H16F12O2.Na/c1-2-3-4-5-6-7-9(15,16)11(19,20)13(23,24)14(25,26)12(21,22)10(17,18)8(27)28;/h2-7H2,1H3,(H,27,28);/q;+1/p-1. The summed E-state index contributed by atoms with van der Waals surface area (Å²) in [6.07, 6.45) is -2.01. The Morgan fingerprint density at radius 3 is 1.41 bits per heavy atom. The second-order valence-corrected chi connectivity index (χ2v) is 6.03. The van der Waals surface area contributed by atoms with E-state index in [-0.39, 0.29) is 42.4 Å². The first-order chi connectivity index (χ1) is 12.3. The van der Waals surface area contributed by atoms with Crippen molar-refractivity contribution in [3.05, 3.63) is 0 Å². The summed E-state index contributed by atoms with van der Waals surface area (Å²) in [5.74, 6) is -47.8. The molecule has 0 unspecified atom stereocenters. The second-order valence-electron chi connectivity index (χ2n) is 6.03. The molecule has 29 heavy (non-hydrogen) atoms. The minimum Gasteiger partial charge on any atom is -0.544 e. The van der Waals surface area contributed by atoms with Crippen molar-refractivity contribution >= 4 is 5.97 Å². The van der Waals surface area contributed by atoms with Crippen LogP contribution in [0.4, 0.5) is 52.7 Å². The van der Waals surface area contributed by atoms with Crippen LogP contribution in [-0.4, -0.2) is 41.5 Å². The maximum atomic E-state index is 13.5. The van der Waals surface area contributed by atoms with Gasteiger partial charge in [-0.1, -0.05) is 32.6 Å². The fourth-order valence-corrected chi connectivity index (χ4v) is 2.06. The predicted octanol–water partition coefficient (Wildman–Crippen LogP) is 1.91. The molecule has 0 bridgehead atoms. The molecule has 0 saturated heterocycles. The van der Waals surface area contributed by atoms with Crippen LogP contribution < -0.4 is 34.7 Å². The molecule has 0 radical (unpaired) electrons. The normalized spacial score (nSPS) is 14.5. The predicted molar refractivity (Wildman–Crippen MR) is 68.1 cm³/mol. The number of hydrogen-bond acceptors (Lipinski definition) is 2. The van der Waals surface area contributed by atoms with Crippen molar-refractivity contribution in [3.8, 4) is 0 Å². The van der Waals surface area contributed by atoms with E-state index in [4.69, 9.17) is 0 Å². The summed E-state index contributed by atoms with van der Waals surface area (Å²) in [5, 5.41) is 9.86. The summed E-state index contributed by atoms with van der Waals surface area (Å²) >= 11 is 0. The van der Waals surface area contributed by atoms with E-state index in [2.05, 4.69) is 0 Å². The molecule has 15 heteroatoms. The number of unbranched alkanes of at least 4 members (excludes halogenated alkanes) is 4. The number of hydrogen-bond donors (Lipinski definition) is 0. The molecule has 0 aliphatic carbocycles. The molecule has 0 N–H and O–H groups in total. The van der Waals surface area contributed by atoms with Crippen molar-refractivity contribution in [3.63, 3.8) is 0 Å². The summed E-state index contributed by atoms with van der Waals surface area (Å²) in [7, 11) is 0. The first-order valence-corrected chi connectivity index (χ1v) is 7.74. The maximum absolute atomic E-state index is 13.5. The molecule has 0 fully saturated rings. The largest absolute Gasteiger partial charge is 1.00 e. The van der Waals surface area contributed by atoms with Crippen molar-refractivity contribution < 1.29 is 92.1 Å². The van der Waals surface area contributed by atoms with E-state index in [1.54, 1.807) is 6.92 Å². The minimum absolute atomic E-state index is 0. The van der Waals surface area contributed by atoms with Gasteiger partial charge in [0.2, 0.25) is 0 Å². The van der Waals surface area contributed by atoms with E-state index >= 15 is 0 Å². The third-order valence-corrected chi connectivity index (χ3v) is 3.89. The zero-order chi connectivity index (χ0) is 22.8. The van der Waals surface area contributed by atoms with Crippen LogP contribution in [0.1, 0.15) is 45.4 Å². The molecule has 0 aliphatic heterocycles. The number of rotatable bonds is 12. The van der Waals surface area contributed by atoms with Crippen LogP contribution in [0.5, 0.6) is 0 Å². The monoisotopic (exact) mass is 466 g/mol. The van der Waals surface area contributed by atoms with Crippen molar-refractivity contribution in [2.45, 2.75) is 81.0 Å². The Morgan fingerprint density at radius 2 is 1.03 bits per heavy atom. The minimum atomic E-state index is -7.88. The summed E-state index contributed by atoms with van der Waals surface area (Å²) in [5.41, 5.74) is 0. The van der Waals surface area contributed by atoms with Crippen molar-refractivity contribution in [2.24, 2.45) is 0 Å². The Morgan fingerprint density at radius 1 is 0.655 bits per heavy atom. The van der Waals surface area contributed by atoms with Crippen molar-refractivity contribution in [1.29, 1.82) is 0 Å². The van der Waals surface area contributed by atoms with Gasteiger partial charge < -0.3 is 9.90 Å². The molecule has 0 rings (SSSR count). The van der Waals surface area contributed by atoms with Gasteiger partial charge >= 0.3 is 65.1 Å². The number of alkyl halides is 12. The van der Waals surface area contributed by atoms with Crippen LogP contribution in [0.25, 0.3) is 0 Å². The number of carboxylic acids is 1. The number of aliphatic carboxylic acids is 1. The molecule has 0 saturated carbocycles. The van der Waals surface area contributed by atoms with Gasteiger partial charge in [-0.15, -0.1) is 0 Å². The van der Waals surface area contributed by atoms with Crippen LogP contribution in [0, 0.1) is 0 Å². The average molecular weight is 466 g/mol. The maximum Gasteiger partial charge on any atom is 1.00 e. The molecule has 0 aromatic carbocycles. The summed E-state index contributed by atoms with van der Waals surface area (Å²) < 4.78 is 159. The Kier molecular flexibility index (Phi) is 10.5. The van der Waals surface area contributed by atoms with Crippen LogP contribution in [0.15, 0.2) is 0 Å². The molecule has 0 aliphatic rings. The van der Waals surface area contributed by atoms with E-state index in [1.807, 2.05) is 0 Å². The van der Waals surface area contributed by atoms with E-state index in [1.165, 1.54) is 0 Å². The Hall–Kier alpha value is -0.370. The van der Waals surface area contributed by atoms with E-state index in [0.29, 0.717) is 12.8 Å².